The highest BCUT2D eigenvalue weighted by Gasteiger charge is 2.06. The summed E-state index contributed by atoms with van der Waals surface area (Å²) in [6.07, 6.45) is 0.938. The first kappa shape index (κ1) is 14.9. The molecule has 2 nitrogen and oxygen atoms in total. The second kappa shape index (κ2) is 6.75. The van der Waals surface area contributed by atoms with Gasteiger partial charge in [0.2, 0.25) is 0 Å². The molecule has 2 aromatic rings. The Morgan fingerprint density at radius 2 is 1.85 bits per heavy atom. The van der Waals surface area contributed by atoms with E-state index in [0.717, 1.165) is 12.0 Å². The topological polar surface area (TPSA) is 18.5 Å². The van der Waals surface area contributed by atoms with Crippen molar-refractivity contribution in [1.82, 2.24) is 0 Å². The van der Waals surface area contributed by atoms with Crippen molar-refractivity contribution in [2.24, 2.45) is 0 Å². The molecule has 0 spiro atoms. The summed E-state index contributed by atoms with van der Waals surface area (Å²) in [7, 11) is 1.61. The standard InChI is InChI=1S/C16H16BrFO2/c1-3-11-4-5-15(16(8-11)19-2)20-10-12-6-13(17)9-14(18)7-12/h4-9H,3,10H2,1-2H3. The maximum absolute atomic E-state index is 13.3. The Labute approximate surface area is 126 Å². The molecule has 2 rings (SSSR count). The first-order valence-electron chi connectivity index (χ1n) is 6.37. The van der Waals surface area contributed by atoms with Crippen LogP contribution in [0.4, 0.5) is 4.39 Å². The van der Waals surface area contributed by atoms with Gasteiger partial charge in [0.25, 0.3) is 0 Å². The molecule has 0 aromatic heterocycles. The van der Waals surface area contributed by atoms with E-state index in [1.54, 1.807) is 7.11 Å². The summed E-state index contributed by atoms with van der Waals surface area (Å²) in [5, 5.41) is 0. The van der Waals surface area contributed by atoms with Crippen LogP contribution >= 0.6 is 15.9 Å². The number of aryl methyl sites for hydroxylation is 1. The van der Waals surface area contributed by atoms with Crippen molar-refractivity contribution < 1.29 is 13.9 Å². The second-order valence-electron chi connectivity index (χ2n) is 4.41. The van der Waals surface area contributed by atoms with Gasteiger partial charge in [-0.15, -0.1) is 0 Å². The number of hydrogen-bond acceptors (Lipinski definition) is 2. The van der Waals surface area contributed by atoms with Crippen molar-refractivity contribution in [2.75, 3.05) is 7.11 Å². The predicted octanol–water partition coefficient (Wildman–Crippen LogP) is 4.74. The van der Waals surface area contributed by atoms with Crippen molar-refractivity contribution in [2.45, 2.75) is 20.0 Å². The average Bonchev–Trinajstić information content (AvgIpc) is 2.44. The Bertz CT molecular complexity index is 579. The lowest BCUT2D eigenvalue weighted by Gasteiger charge is -2.12. The predicted molar refractivity (Wildman–Crippen MR) is 80.8 cm³/mol. The zero-order valence-electron chi connectivity index (χ0n) is 11.5. The molecule has 0 saturated heterocycles. The van der Waals surface area contributed by atoms with Crippen LogP contribution in [-0.4, -0.2) is 7.11 Å². The van der Waals surface area contributed by atoms with Crippen molar-refractivity contribution in [1.29, 1.82) is 0 Å². The number of benzene rings is 2. The molecular weight excluding hydrogens is 323 g/mol. The van der Waals surface area contributed by atoms with Crippen molar-refractivity contribution >= 4 is 15.9 Å². The van der Waals surface area contributed by atoms with Crippen molar-refractivity contribution in [3.8, 4) is 11.5 Å². The number of ether oxygens (including phenoxy) is 2. The minimum atomic E-state index is -0.286. The fraction of sp³-hybridized carbons (Fsp3) is 0.250. The SMILES string of the molecule is CCc1ccc(OCc2cc(F)cc(Br)c2)c(OC)c1. The molecular formula is C16H16BrFO2. The molecule has 2 aromatic carbocycles. The molecule has 4 heteroatoms. The van der Waals surface area contributed by atoms with Crippen LogP contribution in [0.3, 0.4) is 0 Å². The monoisotopic (exact) mass is 338 g/mol. The second-order valence-corrected chi connectivity index (χ2v) is 5.32. The lowest BCUT2D eigenvalue weighted by molar-refractivity contribution is 0.284. The van der Waals surface area contributed by atoms with E-state index >= 15 is 0 Å². The van der Waals surface area contributed by atoms with Crippen LogP contribution in [0.25, 0.3) is 0 Å². The fourth-order valence-corrected chi connectivity index (χ4v) is 2.42. The van der Waals surface area contributed by atoms with Crippen LogP contribution in [0, 0.1) is 5.82 Å². The molecule has 106 valence electrons. The lowest BCUT2D eigenvalue weighted by Crippen LogP contribution is -1.99. The van der Waals surface area contributed by atoms with Crippen LogP contribution in [0.1, 0.15) is 18.1 Å². The number of rotatable bonds is 5. The van der Waals surface area contributed by atoms with Gasteiger partial charge < -0.3 is 9.47 Å². The minimum absolute atomic E-state index is 0.286. The molecule has 0 aliphatic heterocycles. The van der Waals surface area contributed by atoms with Crippen LogP contribution in [0.15, 0.2) is 40.9 Å². The largest absolute Gasteiger partial charge is 0.493 e. The smallest absolute Gasteiger partial charge is 0.161 e. The van der Waals surface area contributed by atoms with Crippen LogP contribution in [0.5, 0.6) is 11.5 Å². The van der Waals surface area contributed by atoms with E-state index in [1.807, 2.05) is 24.3 Å². The van der Waals surface area contributed by atoms with Gasteiger partial charge in [-0.25, -0.2) is 4.39 Å². The Kier molecular flexibility index (Phi) is 5.01. The lowest BCUT2D eigenvalue weighted by atomic mass is 10.1. The molecule has 0 fully saturated rings. The van der Waals surface area contributed by atoms with Crippen LogP contribution in [0.2, 0.25) is 0 Å². The minimum Gasteiger partial charge on any atom is -0.493 e. The summed E-state index contributed by atoms with van der Waals surface area (Å²) >= 11 is 3.27. The third-order valence-corrected chi connectivity index (χ3v) is 3.41. The fourth-order valence-electron chi connectivity index (χ4n) is 1.91. The summed E-state index contributed by atoms with van der Waals surface area (Å²) in [4.78, 5) is 0. The van der Waals surface area contributed by atoms with E-state index in [-0.39, 0.29) is 12.4 Å². The van der Waals surface area contributed by atoms with Gasteiger partial charge in [-0.1, -0.05) is 28.9 Å². The molecule has 0 amide bonds. The maximum atomic E-state index is 13.3. The molecule has 0 atom stereocenters. The van der Waals surface area contributed by atoms with Gasteiger partial charge in [-0.2, -0.15) is 0 Å². The van der Waals surface area contributed by atoms with E-state index in [1.165, 1.54) is 17.7 Å². The van der Waals surface area contributed by atoms with Crippen LogP contribution in [-0.2, 0) is 13.0 Å². The zero-order chi connectivity index (χ0) is 14.5. The van der Waals surface area contributed by atoms with Gasteiger partial charge in [0.1, 0.15) is 12.4 Å². The van der Waals surface area contributed by atoms with Crippen molar-refractivity contribution in [3.63, 3.8) is 0 Å². The first-order valence-corrected chi connectivity index (χ1v) is 7.16. The molecule has 0 heterocycles. The van der Waals surface area contributed by atoms with E-state index in [4.69, 9.17) is 9.47 Å². The van der Waals surface area contributed by atoms with Gasteiger partial charge in [-0.05, 0) is 47.9 Å². The Balaban J connectivity index is 2.14. The normalized spacial score (nSPS) is 10.4. The summed E-state index contributed by atoms with van der Waals surface area (Å²) < 4.78 is 25.0. The Morgan fingerprint density at radius 1 is 1.05 bits per heavy atom. The van der Waals surface area contributed by atoms with Gasteiger partial charge in [0.15, 0.2) is 11.5 Å². The summed E-state index contributed by atoms with van der Waals surface area (Å²) in [6, 6.07) is 10.5. The summed E-state index contributed by atoms with van der Waals surface area (Å²) in [5.41, 5.74) is 1.95. The highest BCUT2D eigenvalue weighted by molar-refractivity contribution is 9.10. The molecule has 0 N–H and O–H groups in total. The molecule has 0 bridgehead atoms. The van der Waals surface area contributed by atoms with Gasteiger partial charge in [-0.3, -0.25) is 0 Å². The molecule has 0 radical (unpaired) electrons. The maximum Gasteiger partial charge on any atom is 0.161 e. The molecule has 0 aliphatic rings. The third-order valence-electron chi connectivity index (χ3n) is 2.95. The molecule has 0 saturated carbocycles. The van der Waals surface area contributed by atoms with E-state index in [9.17, 15) is 4.39 Å². The van der Waals surface area contributed by atoms with E-state index in [2.05, 4.69) is 22.9 Å². The number of hydrogen-bond donors (Lipinski definition) is 0. The number of halogens is 2. The summed E-state index contributed by atoms with van der Waals surface area (Å²) in [6.45, 7) is 2.37. The van der Waals surface area contributed by atoms with E-state index in [0.29, 0.717) is 16.0 Å². The Hall–Kier alpha value is -1.55. The average molecular weight is 339 g/mol. The Morgan fingerprint density at radius 3 is 2.50 bits per heavy atom. The first-order chi connectivity index (χ1) is 9.62. The van der Waals surface area contributed by atoms with Gasteiger partial charge >= 0.3 is 0 Å². The van der Waals surface area contributed by atoms with Crippen LogP contribution < -0.4 is 9.47 Å². The number of methoxy groups -OCH3 is 1. The molecule has 0 unspecified atom stereocenters. The molecule has 20 heavy (non-hydrogen) atoms. The highest BCUT2D eigenvalue weighted by atomic mass is 79.9. The summed E-state index contributed by atoms with van der Waals surface area (Å²) in [5.74, 6) is 1.07. The third kappa shape index (κ3) is 3.73. The highest BCUT2D eigenvalue weighted by Crippen LogP contribution is 2.29. The zero-order valence-corrected chi connectivity index (χ0v) is 13.0. The van der Waals surface area contributed by atoms with Gasteiger partial charge in [0.05, 0.1) is 7.11 Å². The quantitative estimate of drug-likeness (QED) is 0.783. The van der Waals surface area contributed by atoms with Crippen molar-refractivity contribution in [3.05, 3.63) is 57.8 Å². The van der Waals surface area contributed by atoms with E-state index < -0.39 is 0 Å². The van der Waals surface area contributed by atoms with Gasteiger partial charge in [0, 0.05) is 4.47 Å². The molecule has 0 aliphatic carbocycles.